The Morgan fingerprint density at radius 3 is 2.61 bits per heavy atom. The van der Waals surface area contributed by atoms with Gasteiger partial charge in [0.05, 0.1) is 18.8 Å². The monoisotopic (exact) mass is 552 g/mol. The van der Waals surface area contributed by atoms with Crippen molar-refractivity contribution in [2.75, 3.05) is 13.7 Å². The second-order valence-corrected chi connectivity index (χ2v) is 11.8. The smallest absolute Gasteiger partial charge is 0.305 e. The molecule has 2 saturated carbocycles. The average molecular weight is 553 g/mol. The van der Waals surface area contributed by atoms with Crippen LogP contribution in [-0.2, 0) is 16.0 Å². The van der Waals surface area contributed by atoms with E-state index in [1.165, 1.54) is 18.2 Å². The molecular weight excluding hydrogens is 519 g/mol. The summed E-state index contributed by atoms with van der Waals surface area (Å²) in [7, 11) is 1.40. The molecule has 0 bridgehead atoms. The lowest BCUT2D eigenvalue weighted by atomic mass is 9.70. The molecule has 7 rings (SSSR count). The number of esters is 1. The van der Waals surface area contributed by atoms with E-state index in [0.29, 0.717) is 47.4 Å². The number of benzene rings is 2. The van der Waals surface area contributed by atoms with Crippen LogP contribution in [0.5, 0.6) is 0 Å². The van der Waals surface area contributed by atoms with Gasteiger partial charge in [0, 0.05) is 36.2 Å². The Labute approximate surface area is 238 Å². The van der Waals surface area contributed by atoms with Crippen LogP contribution in [0.2, 0.25) is 0 Å². The van der Waals surface area contributed by atoms with Crippen molar-refractivity contribution in [3.8, 4) is 11.3 Å². The lowest BCUT2D eigenvalue weighted by Gasteiger charge is -2.35. The zero-order valence-corrected chi connectivity index (χ0v) is 23.3. The molecule has 0 saturated heterocycles. The fourth-order valence-electron chi connectivity index (χ4n) is 6.59. The predicted molar refractivity (Wildman–Crippen MR) is 152 cm³/mol. The predicted octanol–water partition coefficient (Wildman–Crippen LogP) is 6.23. The Morgan fingerprint density at radius 2 is 1.85 bits per heavy atom. The zero-order chi connectivity index (χ0) is 28.2. The minimum atomic E-state index is -0.326. The number of fused-ring (bicyclic) bond motifs is 2. The third kappa shape index (κ3) is 4.69. The van der Waals surface area contributed by atoms with Crippen molar-refractivity contribution < 1.29 is 18.7 Å². The first-order valence-electron chi connectivity index (χ1n) is 14.6. The highest BCUT2D eigenvalue weighted by atomic mass is 19.1. The zero-order valence-electron chi connectivity index (χ0n) is 23.3. The van der Waals surface area contributed by atoms with Gasteiger partial charge in [-0.25, -0.2) is 13.9 Å². The molecule has 2 aromatic heterocycles. The van der Waals surface area contributed by atoms with Crippen molar-refractivity contribution in [1.82, 2.24) is 19.5 Å². The SMILES string of the molecule is COC(=O)C[C@H]1C[C@H](c2ccc(-c3cc4nc(C(=O)N5CCc6ccccc6[C@H]5C)cc(C5CC5)n4n3)c(F)c2)C1. The van der Waals surface area contributed by atoms with Crippen LogP contribution in [0.3, 0.4) is 0 Å². The third-order valence-electron chi connectivity index (χ3n) is 9.18. The molecule has 1 aliphatic heterocycles. The van der Waals surface area contributed by atoms with Crippen molar-refractivity contribution in [3.63, 3.8) is 0 Å². The molecule has 7 nitrogen and oxygen atoms in total. The third-order valence-corrected chi connectivity index (χ3v) is 9.18. The number of carbonyl (C=O) groups excluding carboxylic acids is 2. The van der Waals surface area contributed by atoms with E-state index >= 15 is 4.39 Å². The lowest BCUT2D eigenvalue weighted by molar-refractivity contribution is -0.142. The first-order valence-corrected chi connectivity index (χ1v) is 14.6. The molecule has 8 heteroatoms. The first kappa shape index (κ1) is 25.9. The van der Waals surface area contributed by atoms with Crippen molar-refractivity contribution in [2.45, 2.75) is 63.3 Å². The van der Waals surface area contributed by atoms with Gasteiger partial charge in [0.2, 0.25) is 0 Å². The summed E-state index contributed by atoms with van der Waals surface area (Å²) in [6.07, 6.45) is 5.03. The molecule has 41 heavy (non-hydrogen) atoms. The summed E-state index contributed by atoms with van der Waals surface area (Å²) < 4.78 is 22.0. The number of methoxy groups -OCH3 is 1. The van der Waals surface area contributed by atoms with Crippen LogP contribution in [0.4, 0.5) is 4.39 Å². The Kier molecular flexibility index (Phi) is 6.36. The van der Waals surface area contributed by atoms with E-state index in [1.54, 1.807) is 22.7 Å². The number of hydrogen-bond donors (Lipinski definition) is 0. The number of nitrogens with zero attached hydrogens (tertiary/aromatic N) is 4. The van der Waals surface area contributed by atoms with Gasteiger partial charge in [-0.05, 0) is 85.8 Å². The summed E-state index contributed by atoms with van der Waals surface area (Å²) in [6.45, 7) is 2.72. The van der Waals surface area contributed by atoms with Crippen LogP contribution < -0.4 is 0 Å². The van der Waals surface area contributed by atoms with Crippen LogP contribution >= 0.6 is 0 Å². The molecule has 0 radical (unpaired) electrons. The van der Waals surface area contributed by atoms with Crippen LogP contribution in [0.25, 0.3) is 16.9 Å². The highest BCUT2D eigenvalue weighted by Crippen LogP contribution is 2.44. The number of ether oxygens (including phenoxy) is 1. The maximum absolute atomic E-state index is 15.4. The van der Waals surface area contributed by atoms with Crippen LogP contribution in [0.15, 0.2) is 54.6 Å². The standard InChI is InChI=1S/C33H33FN4O3/c1-19-25-6-4-3-5-21(25)11-12-37(19)33(40)29-17-30(22-7-8-22)38-31(35-29)18-28(36-38)26-10-9-23(16-27(26)34)24-13-20(14-24)15-32(39)41-2/h3-6,9-10,16-20,22,24H,7-8,11-15H2,1-2H3/t19-,20-,24-/m1/s1. The Morgan fingerprint density at radius 1 is 1.05 bits per heavy atom. The van der Waals surface area contributed by atoms with E-state index < -0.39 is 0 Å². The second-order valence-electron chi connectivity index (χ2n) is 11.8. The van der Waals surface area contributed by atoms with E-state index in [1.807, 2.05) is 29.2 Å². The van der Waals surface area contributed by atoms with Crippen molar-refractivity contribution in [1.29, 1.82) is 0 Å². The second kappa shape index (κ2) is 10.1. The number of carbonyl (C=O) groups is 2. The normalized spacial score (nSPS) is 21.8. The molecule has 2 fully saturated rings. The minimum absolute atomic E-state index is 0.0330. The van der Waals surface area contributed by atoms with Gasteiger partial charge in [-0.2, -0.15) is 5.10 Å². The highest BCUT2D eigenvalue weighted by molar-refractivity contribution is 5.93. The van der Waals surface area contributed by atoms with Crippen molar-refractivity contribution in [2.24, 2.45) is 5.92 Å². The molecule has 1 atom stereocenters. The maximum Gasteiger partial charge on any atom is 0.305 e. The van der Waals surface area contributed by atoms with Gasteiger partial charge in [-0.3, -0.25) is 9.59 Å². The molecule has 1 amide bonds. The first-order chi connectivity index (χ1) is 19.9. The van der Waals surface area contributed by atoms with Gasteiger partial charge in [0.1, 0.15) is 11.5 Å². The largest absolute Gasteiger partial charge is 0.469 e. The lowest BCUT2D eigenvalue weighted by Crippen LogP contribution is -2.39. The van der Waals surface area contributed by atoms with E-state index in [9.17, 15) is 9.59 Å². The molecule has 0 unspecified atom stereocenters. The van der Waals surface area contributed by atoms with Crippen molar-refractivity contribution >= 4 is 17.5 Å². The summed E-state index contributed by atoms with van der Waals surface area (Å²) in [5.41, 5.74) is 6.27. The van der Waals surface area contributed by atoms with E-state index in [0.717, 1.165) is 43.4 Å². The van der Waals surface area contributed by atoms with Gasteiger partial charge in [0.25, 0.3) is 5.91 Å². The van der Waals surface area contributed by atoms with Crippen LogP contribution in [-0.4, -0.2) is 45.0 Å². The maximum atomic E-state index is 15.4. The quantitative estimate of drug-likeness (QED) is 0.265. The van der Waals surface area contributed by atoms with Gasteiger partial charge >= 0.3 is 5.97 Å². The number of amides is 1. The summed E-state index contributed by atoms with van der Waals surface area (Å²) in [6, 6.07) is 17.3. The van der Waals surface area contributed by atoms with Crippen molar-refractivity contribution in [3.05, 3.63) is 88.5 Å². The Balaban J connectivity index is 1.16. The molecule has 2 aromatic carbocycles. The highest BCUT2D eigenvalue weighted by Gasteiger charge is 2.34. The Bertz CT molecular complexity index is 1670. The Hall–Kier alpha value is -4.07. The van der Waals surface area contributed by atoms with Crippen LogP contribution in [0, 0.1) is 11.7 Å². The summed E-state index contributed by atoms with van der Waals surface area (Å²) in [5, 5.41) is 4.76. The summed E-state index contributed by atoms with van der Waals surface area (Å²) in [5.74, 6) is 0.257. The molecule has 210 valence electrons. The van der Waals surface area contributed by atoms with Gasteiger partial charge in [-0.1, -0.05) is 30.3 Å². The van der Waals surface area contributed by atoms with E-state index in [4.69, 9.17) is 14.8 Å². The van der Waals surface area contributed by atoms with Gasteiger partial charge in [0.15, 0.2) is 5.65 Å². The molecule has 2 aliphatic carbocycles. The number of halogens is 1. The molecule has 4 aromatic rings. The molecule has 0 spiro atoms. The van der Waals surface area contributed by atoms with E-state index in [-0.39, 0.29) is 29.7 Å². The fraction of sp³-hybridized carbons (Fsp3) is 0.394. The van der Waals surface area contributed by atoms with Crippen LogP contribution in [0.1, 0.15) is 89.8 Å². The number of hydrogen-bond acceptors (Lipinski definition) is 5. The topological polar surface area (TPSA) is 76.8 Å². The molecule has 3 heterocycles. The average Bonchev–Trinajstić information content (AvgIpc) is 3.72. The summed E-state index contributed by atoms with van der Waals surface area (Å²) >= 11 is 0. The van der Waals surface area contributed by atoms with Gasteiger partial charge in [-0.15, -0.1) is 0 Å². The van der Waals surface area contributed by atoms with Gasteiger partial charge < -0.3 is 9.64 Å². The number of aromatic nitrogens is 3. The fourth-order valence-corrected chi connectivity index (χ4v) is 6.59. The summed E-state index contributed by atoms with van der Waals surface area (Å²) in [4.78, 5) is 32.0. The number of rotatable bonds is 6. The van der Waals surface area contributed by atoms with E-state index in [2.05, 4.69) is 19.1 Å². The minimum Gasteiger partial charge on any atom is -0.469 e. The molecular formula is C33H33FN4O3. The molecule has 3 aliphatic rings. The molecule has 0 N–H and O–H groups in total.